The Morgan fingerprint density at radius 1 is 0.410 bits per heavy atom. The Labute approximate surface area is 514 Å². The first-order valence-electron chi connectivity index (χ1n) is 24.9. The Morgan fingerprint density at radius 3 is 0.771 bits per heavy atom. The Morgan fingerprint density at radius 2 is 0.627 bits per heavy atom. The standard InChI is InChI=1S/C24H30O12.C12H15Br3O6.C6H12O3.C4H10O2.C4H6O2.C2H3BrO2/c1-13(2)22(28)31-10-19(25)34-16-7-17(35-20(26)11-32-23(29)14(3)4)9-18(8-16)36-21(27)12-33-24(30)15(5)6;13-4-10(16)19-7-1-8(20-11(17)5-14)3-9(2-7)21-12(18)6-15;7-4-1-5(8)3-6(9)2-4;1-3-6-4-5-2;1-3(2)4(5)6;3-1-2(4)5/h16-18H,1,3,5,7-12H2,2,4,6H3;7-9H,1-6H2;4-9H,1-3H2;3-4H2,1-2H3;1H2,2H3,(H,5,6);1H2,(H,4,5). The van der Waals surface area contributed by atoms with E-state index in [9.17, 15) is 52.7 Å². The van der Waals surface area contributed by atoms with Crippen LogP contribution in [0.15, 0.2) is 48.6 Å². The molecular weight excluding hydrogens is 1380 g/mol. The fourth-order valence-corrected chi connectivity index (χ4v) is 6.76. The molecule has 0 radical (unpaired) electrons. The van der Waals surface area contributed by atoms with Gasteiger partial charge in [0, 0.05) is 74.5 Å². The van der Waals surface area contributed by atoms with Crippen LogP contribution in [0.3, 0.4) is 0 Å². The van der Waals surface area contributed by atoms with Crippen LogP contribution in [0.2, 0.25) is 0 Å². The number of aliphatic hydroxyl groups is 3. The average Bonchev–Trinajstić information content (AvgIpc) is 3.44. The number of carbonyl (C=O) groups is 11. The number of carboxylic acid groups (broad SMARTS) is 2. The summed E-state index contributed by atoms with van der Waals surface area (Å²) in [5.74, 6) is -7.94. The molecule has 0 atom stereocenters. The molecule has 3 rings (SSSR count). The van der Waals surface area contributed by atoms with Gasteiger partial charge in [-0.15, -0.1) is 0 Å². The van der Waals surface area contributed by atoms with Gasteiger partial charge >= 0.3 is 65.7 Å². The summed E-state index contributed by atoms with van der Waals surface area (Å²) in [6.45, 7) is 20.1. The van der Waals surface area contributed by atoms with Gasteiger partial charge in [-0.25, -0.2) is 33.6 Å². The summed E-state index contributed by atoms with van der Waals surface area (Å²) in [7, 11) is 1.61. The molecule has 31 heteroatoms. The van der Waals surface area contributed by atoms with E-state index in [-0.39, 0.29) is 62.9 Å². The summed E-state index contributed by atoms with van der Waals surface area (Å²) in [6.07, 6.45) is -2.90. The summed E-state index contributed by atoms with van der Waals surface area (Å²) in [6, 6.07) is 0. The van der Waals surface area contributed by atoms with E-state index in [1.807, 2.05) is 6.92 Å². The van der Waals surface area contributed by atoms with Crippen molar-refractivity contribution in [3.63, 3.8) is 0 Å². The zero-order chi connectivity index (χ0) is 64.4. The van der Waals surface area contributed by atoms with E-state index < -0.39 is 140 Å². The number of halogens is 4. The van der Waals surface area contributed by atoms with Crippen molar-refractivity contribution in [1.29, 1.82) is 0 Å². The van der Waals surface area contributed by atoms with E-state index in [0.29, 0.717) is 45.3 Å². The van der Waals surface area contributed by atoms with Crippen molar-refractivity contribution < 1.29 is 130 Å². The molecule has 3 aliphatic rings. The maximum absolute atomic E-state index is 12.1. The number of alkyl halides is 4. The number of methoxy groups -OCH3 is 1. The third-order valence-corrected chi connectivity index (χ3v) is 11.6. The highest BCUT2D eigenvalue weighted by atomic mass is 79.9. The zero-order valence-electron chi connectivity index (χ0n) is 47.0. The van der Waals surface area contributed by atoms with E-state index in [1.54, 1.807) is 7.11 Å². The summed E-state index contributed by atoms with van der Waals surface area (Å²) >= 11 is 11.8. The van der Waals surface area contributed by atoms with Crippen molar-refractivity contribution in [3.05, 3.63) is 48.6 Å². The second kappa shape index (κ2) is 48.1. The number of carboxylic acids is 2. The second-order valence-corrected chi connectivity index (χ2v) is 20.0. The monoisotopic (exact) mass is 1450 g/mol. The highest BCUT2D eigenvalue weighted by molar-refractivity contribution is 9.10. The van der Waals surface area contributed by atoms with E-state index in [2.05, 4.69) is 94.8 Å². The van der Waals surface area contributed by atoms with Crippen LogP contribution in [0.25, 0.3) is 0 Å². The molecule has 0 heterocycles. The number of ether oxygens (including phenoxy) is 11. The second-order valence-electron chi connectivity index (χ2n) is 17.7. The maximum atomic E-state index is 12.1. The number of aliphatic hydroxyl groups excluding tert-OH is 3. The minimum atomic E-state index is -0.935. The van der Waals surface area contributed by atoms with Crippen molar-refractivity contribution in [3.8, 4) is 0 Å². The molecule has 83 heavy (non-hydrogen) atoms. The van der Waals surface area contributed by atoms with E-state index >= 15 is 0 Å². The van der Waals surface area contributed by atoms with Gasteiger partial charge < -0.3 is 77.6 Å². The lowest BCUT2D eigenvalue weighted by Crippen LogP contribution is -2.41. The predicted molar refractivity (Wildman–Crippen MR) is 305 cm³/mol. The Kier molecular flexibility index (Phi) is 47.6. The van der Waals surface area contributed by atoms with Crippen molar-refractivity contribution >= 4 is 129 Å². The van der Waals surface area contributed by atoms with Crippen LogP contribution in [-0.4, -0.2) is 208 Å². The molecule has 0 saturated heterocycles. The fraction of sp³-hybridized carbons (Fsp3) is 0.635. The minimum absolute atomic E-state index is 0.0347. The van der Waals surface area contributed by atoms with Crippen LogP contribution in [0.1, 0.15) is 92.4 Å². The lowest BCUT2D eigenvalue weighted by molar-refractivity contribution is -0.178. The lowest BCUT2D eigenvalue weighted by atomic mass is 9.92. The van der Waals surface area contributed by atoms with Gasteiger partial charge in [-0.3, -0.25) is 19.2 Å². The highest BCUT2D eigenvalue weighted by Gasteiger charge is 2.37. The molecule has 0 aliphatic heterocycles. The van der Waals surface area contributed by atoms with Crippen LogP contribution in [-0.2, 0) is 105 Å². The SMILES string of the molecule is C=C(C)C(=O)O.C=C(C)C(=O)OCC(=O)OC1CC(OC(=O)COC(=O)C(=C)C)CC(OC(=O)COC(=O)C(=C)C)C1.CCOCOC.O=C(CBr)OC1CC(OC(=O)CBr)CC(OC(=O)CBr)C1.O=C(O)CBr.OC1CC(O)CC(O)C1. The molecule has 0 aromatic carbocycles. The molecule has 0 spiro atoms. The van der Waals surface area contributed by atoms with Gasteiger partial charge in [-0.2, -0.15) is 0 Å². The average molecular weight is 1450 g/mol. The van der Waals surface area contributed by atoms with E-state index in [0.717, 1.165) is 6.61 Å². The van der Waals surface area contributed by atoms with Crippen LogP contribution >= 0.6 is 63.7 Å². The van der Waals surface area contributed by atoms with Crippen LogP contribution < -0.4 is 0 Å². The molecule has 3 saturated carbocycles. The molecule has 3 aliphatic carbocycles. The molecule has 0 unspecified atom stereocenters. The van der Waals surface area contributed by atoms with Crippen LogP contribution in [0.5, 0.6) is 0 Å². The van der Waals surface area contributed by atoms with Crippen molar-refractivity contribution in [2.24, 2.45) is 0 Å². The van der Waals surface area contributed by atoms with Crippen molar-refractivity contribution in [1.82, 2.24) is 0 Å². The highest BCUT2D eigenvalue weighted by Crippen LogP contribution is 2.29. The van der Waals surface area contributed by atoms with Crippen molar-refractivity contribution in [2.45, 2.75) is 147 Å². The quantitative estimate of drug-likeness (QED) is 0.0237. The Balaban J connectivity index is -0.00000113. The maximum Gasteiger partial charge on any atom is 0.344 e. The Bertz CT molecular complexity index is 1910. The first kappa shape index (κ1) is 82.1. The summed E-state index contributed by atoms with van der Waals surface area (Å²) in [5.41, 5.74) is 0.465. The molecular formula is C52H76Br4O27. The van der Waals surface area contributed by atoms with Gasteiger partial charge in [0.05, 0.1) is 18.3 Å². The molecule has 0 aromatic heterocycles. The third-order valence-electron chi connectivity index (χ3n) is 9.80. The summed E-state index contributed by atoms with van der Waals surface area (Å²) in [5, 5.41) is 42.6. The van der Waals surface area contributed by atoms with E-state index in [4.69, 9.17) is 72.9 Å². The number of hydrogen-bond donors (Lipinski definition) is 5. The van der Waals surface area contributed by atoms with Gasteiger partial charge in [-0.1, -0.05) is 90.0 Å². The zero-order valence-corrected chi connectivity index (χ0v) is 53.3. The van der Waals surface area contributed by atoms with Gasteiger partial charge in [0.1, 0.15) is 64.7 Å². The fourth-order valence-electron chi connectivity index (χ4n) is 6.37. The lowest BCUT2D eigenvalue weighted by Gasteiger charge is -2.33. The smallest absolute Gasteiger partial charge is 0.344 e. The number of esters is 9. The summed E-state index contributed by atoms with van der Waals surface area (Å²) in [4.78, 5) is 124. The van der Waals surface area contributed by atoms with Gasteiger partial charge in [0.25, 0.3) is 0 Å². The summed E-state index contributed by atoms with van der Waals surface area (Å²) < 4.78 is 55.1. The molecule has 3 fully saturated rings. The van der Waals surface area contributed by atoms with Gasteiger partial charge in [0.15, 0.2) is 19.8 Å². The number of rotatable bonds is 23. The predicted octanol–water partition coefficient (Wildman–Crippen LogP) is 4.35. The molecule has 0 amide bonds. The number of aliphatic carboxylic acids is 2. The Hall–Kier alpha value is -5.15. The largest absolute Gasteiger partial charge is 0.481 e. The minimum Gasteiger partial charge on any atom is -0.481 e. The van der Waals surface area contributed by atoms with Crippen molar-refractivity contribution in [2.75, 3.05) is 61.7 Å². The first-order chi connectivity index (χ1) is 38.8. The van der Waals surface area contributed by atoms with Crippen LogP contribution in [0.4, 0.5) is 0 Å². The molecule has 0 aromatic rings. The number of hydrogen-bond acceptors (Lipinski definition) is 25. The number of carbonyl (C=O) groups excluding carboxylic acids is 9. The molecule has 0 bridgehead atoms. The van der Waals surface area contributed by atoms with Gasteiger partial charge in [-0.05, 0) is 53.9 Å². The third kappa shape index (κ3) is 45.9. The topological polar surface area (TPSA) is 390 Å². The van der Waals surface area contributed by atoms with Gasteiger partial charge in [0.2, 0.25) is 0 Å². The molecule has 474 valence electrons. The van der Waals surface area contributed by atoms with E-state index in [1.165, 1.54) is 27.7 Å². The normalized spacial score (nSPS) is 20.9. The molecule has 5 N–H and O–H groups in total. The first-order valence-corrected chi connectivity index (χ1v) is 29.4. The molecule has 27 nitrogen and oxygen atoms in total. The van der Waals surface area contributed by atoms with Crippen LogP contribution in [0, 0.1) is 0 Å².